The number of esters is 1. The zero-order valence-electron chi connectivity index (χ0n) is 10.4. The molecular weight excluding hydrogens is 218 g/mol. The first kappa shape index (κ1) is 11.8. The SMILES string of the molecule is CCOC(=O)c1cnc(NC2(C)CC2)nc1C. The molecule has 1 fully saturated rings. The van der Waals surface area contributed by atoms with E-state index in [1.165, 1.54) is 6.20 Å². The van der Waals surface area contributed by atoms with Gasteiger partial charge in [0, 0.05) is 11.7 Å². The van der Waals surface area contributed by atoms with E-state index in [0.717, 1.165) is 12.8 Å². The summed E-state index contributed by atoms with van der Waals surface area (Å²) in [6, 6.07) is 0. The highest BCUT2D eigenvalue weighted by atomic mass is 16.5. The molecule has 17 heavy (non-hydrogen) atoms. The van der Waals surface area contributed by atoms with E-state index in [9.17, 15) is 4.79 Å². The molecule has 0 amide bonds. The number of carbonyl (C=O) groups excluding carboxylic acids is 1. The summed E-state index contributed by atoms with van der Waals surface area (Å²) >= 11 is 0. The number of hydrogen-bond donors (Lipinski definition) is 1. The fraction of sp³-hybridized carbons (Fsp3) is 0.583. The quantitative estimate of drug-likeness (QED) is 0.808. The maximum Gasteiger partial charge on any atom is 0.341 e. The average molecular weight is 235 g/mol. The van der Waals surface area contributed by atoms with E-state index in [0.29, 0.717) is 23.8 Å². The lowest BCUT2D eigenvalue weighted by Crippen LogP contribution is -2.19. The van der Waals surface area contributed by atoms with Gasteiger partial charge in [0.05, 0.1) is 17.9 Å². The van der Waals surface area contributed by atoms with Gasteiger partial charge < -0.3 is 10.1 Å². The van der Waals surface area contributed by atoms with Gasteiger partial charge >= 0.3 is 5.97 Å². The van der Waals surface area contributed by atoms with Crippen molar-refractivity contribution in [3.05, 3.63) is 17.5 Å². The monoisotopic (exact) mass is 235 g/mol. The number of hydrogen-bond acceptors (Lipinski definition) is 5. The number of aryl methyl sites for hydroxylation is 1. The van der Waals surface area contributed by atoms with Gasteiger partial charge in [0.2, 0.25) is 5.95 Å². The lowest BCUT2D eigenvalue weighted by Gasteiger charge is -2.12. The van der Waals surface area contributed by atoms with Gasteiger partial charge in [-0.3, -0.25) is 0 Å². The Hall–Kier alpha value is -1.65. The highest BCUT2D eigenvalue weighted by Crippen LogP contribution is 2.37. The molecule has 1 aliphatic carbocycles. The van der Waals surface area contributed by atoms with E-state index < -0.39 is 0 Å². The largest absolute Gasteiger partial charge is 0.462 e. The van der Waals surface area contributed by atoms with E-state index in [-0.39, 0.29) is 11.5 Å². The van der Waals surface area contributed by atoms with Crippen LogP contribution in [0.2, 0.25) is 0 Å². The molecule has 5 nitrogen and oxygen atoms in total. The number of anilines is 1. The van der Waals surface area contributed by atoms with E-state index in [1.54, 1.807) is 13.8 Å². The third-order valence-electron chi connectivity index (χ3n) is 2.89. The Bertz CT molecular complexity index is 441. The van der Waals surface area contributed by atoms with Crippen molar-refractivity contribution < 1.29 is 9.53 Å². The topological polar surface area (TPSA) is 64.1 Å². The molecular formula is C12H17N3O2. The summed E-state index contributed by atoms with van der Waals surface area (Å²) in [5, 5.41) is 3.26. The Morgan fingerprint density at radius 1 is 1.59 bits per heavy atom. The molecule has 1 aromatic rings. The molecule has 0 unspecified atom stereocenters. The van der Waals surface area contributed by atoms with Gasteiger partial charge in [0.1, 0.15) is 0 Å². The lowest BCUT2D eigenvalue weighted by molar-refractivity contribution is 0.0524. The minimum Gasteiger partial charge on any atom is -0.462 e. The standard InChI is InChI=1S/C12H17N3O2/c1-4-17-10(16)9-7-13-11(14-8(9)2)15-12(3)5-6-12/h7H,4-6H2,1-3H3,(H,13,14,15). The van der Waals surface area contributed by atoms with Crippen molar-refractivity contribution in [1.82, 2.24) is 9.97 Å². The predicted molar refractivity (Wildman–Crippen MR) is 64.0 cm³/mol. The maximum atomic E-state index is 11.6. The van der Waals surface area contributed by atoms with Gasteiger partial charge in [0.25, 0.3) is 0 Å². The van der Waals surface area contributed by atoms with Crippen LogP contribution in [0.3, 0.4) is 0 Å². The van der Waals surface area contributed by atoms with Gasteiger partial charge in [-0.25, -0.2) is 14.8 Å². The molecule has 5 heteroatoms. The second-order valence-electron chi connectivity index (χ2n) is 4.60. The van der Waals surface area contributed by atoms with E-state index in [2.05, 4.69) is 22.2 Å². The number of nitrogens with zero attached hydrogens (tertiary/aromatic N) is 2. The van der Waals surface area contributed by atoms with Crippen LogP contribution in [-0.4, -0.2) is 28.1 Å². The fourth-order valence-electron chi connectivity index (χ4n) is 1.52. The van der Waals surface area contributed by atoms with E-state index >= 15 is 0 Å². The molecule has 1 heterocycles. The van der Waals surface area contributed by atoms with Crippen LogP contribution in [0.5, 0.6) is 0 Å². The Balaban J connectivity index is 2.13. The first-order valence-electron chi connectivity index (χ1n) is 5.83. The highest BCUT2D eigenvalue weighted by molar-refractivity contribution is 5.90. The minimum absolute atomic E-state index is 0.137. The van der Waals surface area contributed by atoms with Crippen LogP contribution in [0.4, 0.5) is 5.95 Å². The summed E-state index contributed by atoms with van der Waals surface area (Å²) in [5.41, 5.74) is 1.21. The average Bonchev–Trinajstić information content (AvgIpc) is 2.96. The molecule has 0 radical (unpaired) electrons. The van der Waals surface area contributed by atoms with Gasteiger partial charge in [-0.1, -0.05) is 0 Å². The Labute approximate surface area is 101 Å². The van der Waals surface area contributed by atoms with Crippen molar-refractivity contribution in [2.24, 2.45) is 0 Å². The first-order chi connectivity index (χ1) is 8.04. The molecule has 0 aliphatic heterocycles. The summed E-state index contributed by atoms with van der Waals surface area (Å²) in [7, 11) is 0. The van der Waals surface area contributed by atoms with Crippen LogP contribution in [0.25, 0.3) is 0 Å². The molecule has 1 saturated carbocycles. The van der Waals surface area contributed by atoms with Gasteiger partial charge in [-0.2, -0.15) is 0 Å². The molecule has 0 saturated heterocycles. The zero-order chi connectivity index (χ0) is 12.5. The van der Waals surface area contributed by atoms with E-state index in [1.807, 2.05) is 0 Å². The van der Waals surface area contributed by atoms with Crippen molar-refractivity contribution in [1.29, 1.82) is 0 Å². The Morgan fingerprint density at radius 2 is 2.29 bits per heavy atom. The zero-order valence-corrected chi connectivity index (χ0v) is 10.4. The van der Waals surface area contributed by atoms with Crippen molar-refractivity contribution >= 4 is 11.9 Å². The van der Waals surface area contributed by atoms with Crippen molar-refractivity contribution in [2.75, 3.05) is 11.9 Å². The second-order valence-corrected chi connectivity index (χ2v) is 4.60. The number of rotatable bonds is 4. The first-order valence-corrected chi connectivity index (χ1v) is 5.83. The van der Waals surface area contributed by atoms with Crippen molar-refractivity contribution in [3.8, 4) is 0 Å². The van der Waals surface area contributed by atoms with Crippen molar-refractivity contribution in [2.45, 2.75) is 39.2 Å². The Kier molecular flexibility index (Phi) is 3.00. The summed E-state index contributed by atoms with van der Waals surface area (Å²) in [4.78, 5) is 20.0. The molecule has 0 spiro atoms. The van der Waals surface area contributed by atoms with Crippen LogP contribution < -0.4 is 5.32 Å². The molecule has 92 valence electrons. The molecule has 0 bridgehead atoms. The van der Waals surface area contributed by atoms with Crippen molar-refractivity contribution in [3.63, 3.8) is 0 Å². The summed E-state index contributed by atoms with van der Waals surface area (Å²) in [5.74, 6) is 0.213. The van der Waals surface area contributed by atoms with Crippen LogP contribution in [0, 0.1) is 6.92 Å². The summed E-state index contributed by atoms with van der Waals surface area (Å²) < 4.78 is 4.92. The molecule has 0 aromatic carbocycles. The highest BCUT2D eigenvalue weighted by Gasteiger charge is 2.37. The minimum atomic E-state index is -0.366. The normalized spacial score (nSPS) is 16.4. The smallest absolute Gasteiger partial charge is 0.341 e. The van der Waals surface area contributed by atoms with E-state index in [4.69, 9.17) is 4.74 Å². The molecule has 1 aliphatic rings. The predicted octanol–water partition coefficient (Wildman–Crippen LogP) is 1.93. The third kappa shape index (κ3) is 2.72. The molecule has 1 aromatic heterocycles. The van der Waals surface area contributed by atoms with Crippen LogP contribution in [-0.2, 0) is 4.74 Å². The number of ether oxygens (including phenoxy) is 1. The lowest BCUT2D eigenvalue weighted by atomic mass is 10.2. The fourth-order valence-corrected chi connectivity index (χ4v) is 1.52. The molecule has 0 atom stereocenters. The third-order valence-corrected chi connectivity index (χ3v) is 2.89. The molecule has 1 N–H and O–H groups in total. The van der Waals surface area contributed by atoms with Crippen LogP contribution >= 0.6 is 0 Å². The maximum absolute atomic E-state index is 11.6. The number of carbonyl (C=O) groups is 1. The summed E-state index contributed by atoms with van der Waals surface area (Å²) in [6.07, 6.45) is 3.79. The number of aromatic nitrogens is 2. The van der Waals surface area contributed by atoms with Gasteiger partial charge in [0.15, 0.2) is 0 Å². The van der Waals surface area contributed by atoms with Gasteiger partial charge in [-0.05, 0) is 33.6 Å². The van der Waals surface area contributed by atoms with Crippen LogP contribution in [0.1, 0.15) is 42.7 Å². The molecule has 2 rings (SSSR count). The number of nitrogens with one attached hydrogen (secondary N) is 1. The summed E-state index contributed by atoms with van der Waals surface area (Å²) in [6.45, 7) is 6.05. The van der Waals surface area contributed by atoms with Crippen LogP contribution in [0.15, 0.2) is 6.20 Å². The second kappa shape index (κ2) is 4.31. The van der Waals surface area contributed by atoms with Gasteiger partial charge in [-0.15, -0.1) is 0 Å². The Morgan fingerprint density at radius 3 is 2.82 bits per heavy atom.